The lowest BCUT2D eigenvalue weighted by atomic mass is 9.77. The van der Waals surface area contributed by atoms with Gasteiger partial charge in [0, 0.05) is 11.2 Å². The van der Waals surface area contributed by atoms with Gasteiger partial charge in [0.15, 0.2) is 19.5 Å². The smallest absolute Gasteiger partial charge is 0.280 e. The Kier molecular flexibility index (Phi) is 8.05. The van der Waals surface area contributed by atoms with E-state index in [2.05, 4.69) is 69.2 Å². The average Bonchev–Trinajstić information content (AvgIpc) is 3.49. The molecule has 2 aromatic heterocycles. The first-order chi connectivity index (χ1) is 18.5. The van der Waals surface area contributed by atoms with Crippen molar-refractivity contribution in [2.45, 2.75) is 108 Å². The Labute approximate surface area is 246 Å². The maximum absolute atomic E-state index is 12.4. The molecule has 0 spiro atoms. The molecule has 2 aromatic rings. The third-order valence-electron chi connectivity index (χ3n) is 9.03. The van der Waals surface area contributed by atoms with Crippen LogP contribution in [0.5, 0.6) is 0 Å². The lowest BCUT2D eigenvalue weighted by Gasteiger charge is -2.39. The Hall–Kier alpha value is -1.05. The van der Waals surface area contributed by atoms with Crippen LogP contribution in [0.1, 0.15) is 66.5 Å². The summed E-state index contributed by atoms with van der Waals surface area (Å²) in [6.45, 7) is 19.9. The van der Waals surface area contributed by atoms with Crippen LogP contribution >= 0.6 is 17.1 Å². The Balaban J connectivity index is 1.36. The molecular weight excluding hydrogens is 586 g/mol. The van der Waals surface area contributed by atoms with E-state index >= 15 is 0 Å². The number of imidazole rings is 1. The minimum Gasteiger partial charge on any atom is -0.411 e. The molecule has 5 rings (SSSR count). The summed E-state index contributed by atoms with van der Waals surface area (Å²) < 4.78 is 28.2. The van der Waals surface area contributed by atoms with E-state index in [1.54, 1.807) is 22.3 Å². The minimum atomic E-state index is -2.59. The molecule has 0 radical (unpaired) electrons. The number of aromatic nitrogens is 4. The first-order valence-corrected chi connectivity index (χ1v) is 20.8. The summed E-state index contributed by atoms with van der Waals surface area (Å²) in [5.74, 6) is 0.490. The summed E-state index contributed by atoms with van der Waals surface area (Å²) in [5, 5.41) is 0.0161. The van der Waals surface area contributed by atoms with Crippen molar-refractivity contribution in [1.82, 2.24) is 19.5 Å². The van der Waals surface area contributed by atoms with Crippen molar-refractivity contribution >= 4 is 54.3 Å². The van der Waals surface area contributed by atoms with E-state index in [9.17, 15) is 4.79 Å². The van der Waals surface area contributed by atoms with E-state index in [0.717, 1.165) is 19.3 Å². The van der Waals surface area contributed by atoms with Crippen LogP contribution in [-0.2, 0) is 30.0 Å². The van der Waals surface area contributed by atoms with Gasteiger partial charge in [0.2, 0.25) is 11.6 Å². The number of hydrogen-bond acceptors (Lipinski definition) is 10. The minimum absolute atomic E-state index is 0.0161. The fraction of sp³-hybridized carbons (Fsp3) is 0.731. The van der Waals surface area contributed by atoms with Crippen molar-refractivity contribution in [2.75, 3.05) is 12.3 Å². The molecule has 10 nitrogen and oxygen atoms in total. The standard InChI is InChI=1S/C26H42N5O5PS2Si/c1-15(2)16-9-10-26(6)19(11-16)35-37(38,39-26)33-13-18-17(36-40(7,8)25(3,4)5)12-20(34-18)31-14-28-21-22(31)29-24(27)30-23(21)32/h14,16-20H,1,9-13H2,2-8H3,(H3,27,29,30,32)/t16-,17+,18-,19+,20-,26+,37?/m1/s1. The van der Waals surface area contributed by atoms with E-state index in [0.29, 0.717) is 18.0 Å². The molecule has 40 heavy (non-hydrogen) atoms. The van der Waals surface area contributed by atoms with Gasteiger partial charge < -0.3 is 23.9 Å². The largest absolute Gasteiger partial charge is 0.411 e. The van der Waals surface area contributed by atoms with Gasteiger partial charge in [0.25, 0.3) is 5.56 Å². The predicted molar refractivity (Wildman–Crippen MR) is 166 cm³/mol. The zero-order chi connectivity index (χ0) is 29.3. The number of anilines is 1. The molecule has 7 atom stereocenters. The molecule has 2 saturated heterocycles. The molecule has 1 aliphatic carbocycles. The highest BCUT2D eigenvalue weighted by atomic mass is 32.9. The highest BCUT2D eigenvalue weighted by Gasteiger charge is 2.54. The molecule has 222 valence electrons. The number of nitrogens with two attached hydrogens (primary N) is 1. The molecule has 3 fully saturated rings. The zero-order valence-corrected chi connectivity index (χ0v) is 28.0. The summed E-state index contributed by atoms with van der Waals surface area (Å²) in [5.41, 5.74) is 4.67. The van der Waals surface area contributed by atoms with Crippen LogP contribution in [0.4, 0.5) is 5.95 Å². The number of allylic oxidation sites excluding steroid dienone is 1. The third kappa shape index (κ3) is 5.77. The van der Waals surface area contributed by atoms with Crippen molar-refractivity contribution in [3.63, 3.8) is 0 Å². The third-order valence-corrected chi connectivity index (χ3v) is 19.4. The number of nitrogens with zero attached hydrogens (tertiary/aromatic N) is 3. The molecule has 0 bridgehead atoms. The van der Waals surface area contributed by atoms with Crippen LogP contribution in [0, 0.1) is 5.92 Å². The fourth-order valence-electron chi connectivity index (χ4n) is 5.46. The number of H-pyrrole nitrogens is 1. The number of fused-ring (bicyclic) bond motifs is 2. The van der Waals surface area contributed by atoms with Crippen LogP contribution in [0.2, 0.25) is 18.1 Å². The van der Waals surface area contributed by atoms with Gasteiger partial charge in [-0.15, -0.1) is 0 Å². The first-order valence-electron chi connectivity index (χ1n) is 13.8. The predicted octanol–water partition coefficient (Wildman–Crippen LogP) is 5.89. The van der Waals surface area contributed by atoms with Crippen molar-refractivity contribution in [2.24, 2.45) is 5.92 Å². The van der Waals surface area contributed by atoms with Crippen molar-refractivity contribution in [1.29, 1.82) is 0 Å². The molecule has 1 unspecified atom stereocenters. The van der Waals surface area contributed by atoms with E-state index in [4.69, 9.17) is 35.8 Å². The number of nitrogen functional groups attached to an aromatic ring is 1. The average molecular weight is 628 g/mol. The van der Waals surface area contributed by atoms with Gasteiger partial charge in [-0.05, 0) is 69.0 Å². The molecule has 0 amide bonds. The second-order valence-electron chi connectivity index (χ2n) is 13.1. The topological polar surface area (TPSA) is 127 Å². The fourth-order valence-corrected chi connectivity index (χ4v) is 14.0. The molecule has 3 aliphatic rings. The monoisotopic (exact) mass is 627 g/mol. The van der Waals surface area contributed by atoms with Crippen molar-refractivity contribution in [3.8, 4) is 0 Å². The lowest BCUT2D eigenvalue weighted by Crippen LogP contribution is -2.46. The summed E-state index contributed by atoms with van der Waals surface area (Å²) >= 11 is 7.75. The van der Waals surface area contributed by atoms with Crippen LogP contribution in [0.15, 0.2) is 23.3 Å². The van der Waals surface area contributed by atoms with Gasteiger partial charge in [-0.25, -0.2) is 4.98 Å². The molecule has 14 heteroatoms. The maximum Gasteiger partial charge on any atom is 0.280 e. The summed E-state index contributed by atoms with van der Waals surface area (Å²) in [4.78, 5) is 23.5. The summed E-state index contributed by atoms with van der Waals surface area (Å²) in [6.07, 6.45) is 4.19. The molecule has 4 heterocycles. The highest BCUT2D eigenvalue weighted by Crippen LogP contribution is 2.75. The number of rotatable bonds is 7. The van der Waals surface area contributed by atoms with E-state index < -0.39 is 20.2 Å². The van der Waals surface area contributed by atoms with E-state index in [-0.39, 0.29) is 51.7 Å². The molecule has 3 N–H and O–H groups in total. The molecule has 2 aliphatic heterocycles. The van der Waals surface area contributed by atoms with Gasteiger partial charge in [-0.1, -0.05) is 44.3 Å². The van der Waals surface area contributed by atoms with Gasteiger partial charge in [-0.2, -0.15) is 4.98 Å². The molecular formula is C26H42N5O5PS2Si. The Morgan fingerprint density at radius 3 is 2.83 bits per heavy atom. The number of hydrogen-bond donors (Lipinski definition) is 2. The van der Waals surface area contributed by atoms with E-state index in [1.165, 1.54) is 5.57 Å². The van der Waals surface area contributed by atoms with Crippen molar-refractivity contribution in [3.05, 3.63) is 28.8 Å². The van der Waals surface area contributed by atoms with Crippen LogP contribution < -0.4 is 11.3 Å². The van der Waals surface area contributed by atoms with Crippen LogP contribution in [0.3, 0.4) is 0 Å². The Bertz CT molecular complexity index is 1410. The number of aromatic amines is 1. The lowest BCUT2D eigenvalue weighted by molar-refractivity contribution is -0.0367. The number of nitrogens with one attached hydrogen (secondary N) is 1. The van der Waals surface area contributed by atoms with Gasteiger partial charge >= 0.3 is 0 Å². The summed E-state index contributed by atoms with van der Waals surface area (Å²) in [6, 6.07) is 0. The molecule has 1 saturated carbocycles. The van der Waals surface area contributed by atoms with Gasteiger partial charge in [0.05, 0.1) is 25.1 Å². The van der Waals surface area contributed by atoms with Crippen LogP contribution in [0.25, 0.3) is 11.2 Å². The molecule has 0 aromatic carbocycles. The van der Waals surface area contributed by atoms with E-state index in [1.807, 2.05) is 0 Å². The zero-order valence-electron chi connectivity index (χ0n) is 24.4. The maximum atomic E-state index is 12.4. The first kappa shape index (κ1) is 30.4. The van der Waals surface area contributed by atoms with Crippen LogP contribution in [-0.4, -0.2) is 57.5 Å². The SMILES string of the molecule is C=C(C)[C@@H]1CC[C@]2(C)SP(=S)(OC[C@H]3O[C@@H](n4cnc5c(=O)[nH]c(N)nc54)C[C@@H]3O[Si](C)(C)C(C)(C)C)O[C@H]2C1. The highest BCUT2D eigenvalue weighted by molar-refractivity contribution is 8.68. The van der Waals surface area contributed by atoms with Crippen molar-refractivity contribution < 1.29 is 18.2 Å². The number of ether oxygens (including phenoxy) is 1. The quantitative estimate of drug-likeness (QED) is 0.218. The Morgan fingerprint density at radius 1 is 1.43 bits per heavy atom. The Morgan fingerprint density at radius 2 is 2.15 bits per heavy atom. The normalized spacial score (nSPS) is 34.8. The second-order valence-corrected chi connectivity index (χ2v) is 24.5. The second kappa shape index (κ2) is 10.6. The van der Waals surface area contributed by atoms with Gasteiger partial charge in [0.1, 0.15) is 12.3 Å². The summed E-state index contributed by atoms with van der Waals surface area (Å²) in [7, 11) is -2.15. The van der Waals surface area contributed by atoms with Gasteiger partial charge in [-0.3, -0.25) is 14.3 Å².